The van der Waals surface area contributed by atoms with Crippen LogP contribution in [0.3, 0.4) is 0 Å². The van der Waals surface area contributed by atoms with Crippen molar-refractivity contribution in [3.05, 3.63) is 0 Å². The number of carbonyl (C=O) groups excluding carboxylic acids is 1. The van der Waals surface area contributed by atoms with Gasteiger partial charge in [0.25, 0.3) is 0 Å². The number of likely N-dealkylation sites (tertiary alicyclic amines) is 1. The Bertz CT molecular complexity index is 219. The molecule has 2 fully saturated rings. The normalized spacial score (nSPS) is 29.9. The summed E-state index contributed by atoms with van der Waals surface area (Å²) in [6, 6.07) is 0. The lowest BCUT2D eigenvalue weighted by Crippen LogP contribution is -2.49. The molecule has 0 spiro atoms. The number of amides is 1. The topological polar surface area (TPSA) is 35.6 Å². The van der Waals surface area contributed by atoms with Gasteiger partial charge in [-0.1, -0.05) is 0 Å². The second kappa shape index (κ2) is 4.28. The molecule has 0 aromatic rings. The minimum atomic E-state index is 0.269. The molecule has 0 radical (unpaired) electrons. The molecule has 2 aliphatic heterocycles. The van der Waals surface area contributed by atoms with Crippen molar-refractivity contribution < 1.29 is 4.79 Å². The Hall–Kier alpha value is -0.610. The van der Waals surface area contributed by atoms with Crippen molar-refractivity contribution in [2.75, 3.05) is 46.3 Å². The van der Waals surface area contributed by atoms with Crippen LogP contribution in [0, 0.1) is 5.92 Å². The van der Waals surface area contributed by atoms with E-state index in [0.29, 0.717) is 12.5 Å². The molecule has 14 heavy (non-hydrogen) atoms. The molecule has 0 aromatic carbocycles. The molecule has 1 unspecified atom stereocenters. The summed E-state index contributed by atoms with van der Waals surface area (Å²) >= 11 is 0. The van der Waals surface area contributed by atoms with E-state index in [2.05, 4.69) is 17.3 Å². The third-order valence-electron chi connectivity index (χ3n) is 3.15. The Kier molecular flexibility index (Phi) is 3.03. The van der Waals surface area contributed by atoms with Crippen LogP contribution in [0.4, 0.5) is 0 Å². The lowest BCUT2D eigenvalue weighted by molar-refractivity contribution is -0.132. The van der Waals surface area contributed by atoms with Crippen LogP contribution in [-0.2, 0) is 4.79 Å². The van der Waals surface area contributed by atoms with Crippen LogP contribution in [0.1, 0.15) is 6.42 Å². The number of rotatable bonds is 2. The zero-order valence-corrected chi connectivity index (χ0v) is 8.83. The smallest absolute Gasteiger partial charge is 0.236 e. The highest BCUT2D eigenvalue weighted by atomic mass is 16.2. The second-order valence-electron chi connectivity index (χ2n) is 4.43. The van der Waals surface area contributed by atoms with Crippen molar-refractivity contribution in [3.8, 4) is 0 Å². The lowest BCUT2D eigenvalue weighted by Gasteiger charge is -2.29. The fourth-order valence-electron chi connectivity index (χ4n) is 2.33. The minimum absolute atomic E-state index is 0.269. The van der Waals surface area contributed by atoms with Crippen LogP contribution in [0.25, 0.3) is 0 Å². The fourth-order valence-corrected chi connectivity index (χ4v) is 2.33. The summed E-state index contributed by atoms with van der Waals surface area (Å²) in [5.41, 5.74) is 0. The molecule has 1 N–H and O–H groups in total. The molecule has 2 aliphatic rings. The molecule has 4 nitrogen and oxygen atoms in total. The maximum atomic E-state index is 11.5. The van der Waals surface area contributed by atoms with Gasteiger partial charge < -0.3 is 15.1 Å². The number of carbonyl (C=O) groups is 1. The van der Waals surface area contributed by atoms with E-state index in [1.807, 2.05) is 4.90 Å². The maximum absolute atomic E-state index is 11.5. The van der Waals surface area contributed by atoms with Gasteiger partial charge in [0, 0.05) is 26.2 Å². The first-order valence-electron chi connectivity index (χ1n) is 5.43. The van der Waals surface area contributed by atoms with Gasteiger partial charge in [-0.15, -0.1) is 0 Å². The van der Waals surface area contributed by atoms with E-state index in [1.165, 1.54) is 13.0 Å². The molecular weight excluding hydrogens is 178 g/mol. The Labute approximate surface area is 85.2 Å². The molecule has 80 valence electrons. The molecule has 0 bridgehead atoms. The first-order valence-corrected chi connectivity index (χ1v) is 5.43. The summed E-state index contributed by atoms with van der Waals surface area (Å²) in [5.74, 6) is 0.966. The summed E-state index contributed by atoms with van der Waals surface area (Å²) in [6.45, 7) is 5.67. The van der Waals surface area contributed by atoms with Crippen LogP contribution < -0.4 is 5.32 Å². The van der Waals surface area contributed by atoms with E-state index in [-0.39, 0.29) is 5.91 Å². The zero-order valence-electron chi connectivity index (χ0n) is 8.83. The largest absolute Gasteiger partial charge is 0.340 e. The molecule has 1 atom stereocenters. The molecule has 2 heterocycles. The lowest BCUT2D eigenvalue weighted by atomic mass is 10.1. The number of hydrogen-bond acceptors (Lipinski definition) is 3. The predicted molar refractivity (Wildman–Crippen MR) is 55.1 cm³/mol. The minimum Gasteiger partial charge on any atom is -0.340 e. The molecule has 0 aromatic heterocycles. The van der Waals surface area contributed by atoms with Gasteiger partial charge in [-0.25, -0.2) is 0 Å². The van der Waals surface area contributed by atoms with Crippen molar-refractivity contribution in [2.45, 2.75) is 6.42 Å². The van der Waals surface area contributed by atoms with Crippen LogP contribution in [0.15, 0.2) is 0 Å². The third-order valence-corrected chi connectivity index (χ3v) is 3.15. The van der Waals surface area contributed by atoms with Gasteiger partial charge in [0.1, 0.15) is 0 Å². The summed E-state index contributed by atoms with van der Waals surface area (Å²) in [4.78, 5) is 15.9. The Morgan fingerprint density at radius 2 is 2.36 bits per heavy atom. The number of piperazine rings is 1. The van der Waals surface area contributed by atoms with Gasteiger partial charge >= 0.3 is 0 Å². The molecule has 2 saturated heterocycles. The molecule has 4 heteroatoms. The SMILES string of the molecule is CN1CCC(CN2CCNCC2=O)C1. The quantitative estimate of drug-likeness (QED) is 0.640. The Balaban J connectivity index is 1.81. The van der Waals surface area contributed by atoms with E-state index >= 15 is 0 Å². The van der Waals surface area contributed by atoms with Crippen LogP contribution in [-0.4, -0.2) is 62.0 Å². The van der Waals surface area contributed by atoms with Crippen LogP contribution >= 0.6 is 0 Å². The van der Waals surface area contributed by atoms with E-state index in [9.17, 15) is 4.79 Å². The van der Waals surface area contributed by atoms with Crippen molar-refractivity contribution in [3.63, 3.8) is 0 Å². The maximum Gasteiger partial charge on any atom is 0.236 e. The third kappa shape index (κ3) is 2.25. The van der Waals surface area contributed by atoms with Gasteiger partial charge in [-0.2, -0.15) is 0 Å². The highest BCUT2D eigenvalue weighted by Gasteiger charge is 2.25. The second-order valence-corrected chi connectivity index (χ2v) is 4.43. The van der Waals surface area contributed by atoms with E-state index in [0.717, 1.165) is 26.2 Å². The van der Waals surface area contributed by atoms with Crippen molar-refractivity contribution in [2.24, 2.45) is 5.92 Å². The summed E-state index contributed by atoms with van der Waals surface area (Å²) in [5, 5.41) is 3.10. The number of nitrogens with zero attached hydrogens (tertiary/aromatic N) is 2. The highest BCUT2D eigenvalue weighted by Crippen LogP contribution is 2.15. The summed E-state index contributed by atoms with van der Waals surface area (Å²) in [7, 11) is 2.15. The highest BCUT2D eigenvalue weighted by molar-refractivity contribution is 5.78. The zero-order chi connectivity index (χ0) is 9.97. The fraction of sp³-hybridized carbons (Fsp3) is 0.900. The Morgan fingerprint density at radius 1 is 1.50 bits per heavy atom. The average Bonchev–Trinajstić information content (AvgIpc) is 2.56. The van der Waals surface area contributed by atoms with Gasteiger partial charge in [0.2, 0.25) is 5.91 Å². The molecule has 2 rings (SSSR count). The monoisotopic (exact) mass is 197 g/mol. The van der Waals surface area contributed by atoms with Gasteiger partial charge in [-0.05, 0) is 25.9 Å². The van der Waals surface area contributed by atoms with E-state index in [4.69, 9.17) is 0 Å². The van der Waals surface area contributed by atoms with Crippen molar-refractivity contribution >= 4 is 5.91 Å². The summed E-state index contributed by atoms with van der Waals surface area (Å²) in [6.07, 6.45) is 1.24. The first-order chi connectivity index (χ1) is 6.75. The van der Waals surface area contributed by atoms with Gasteiger partial charge in [0.15, 0.2) is 0 Å². The van der Waals surface area contributed by atoms with Crippen LogP contribution in [0.2, 0.25) is 0 Å². The molecule has 1 amide bonds. The molecular formula is C10H19N3O. The standard InChI is InChI=1S/C10H19N3O/c1-12-4-2-9(7-12)8-13-5-3-11-6-10(13)14/h9,11H,2-8H2,1H3. The average molecular weight is 197 g/mol. The van der Waals surface area contributed by atoms with Crippen LogP contribution in [0.5, 0.6) is 0 Å². The summed E-state index contributed by atoms with van der Waals surface area (Å²) < 4.78 is 0. The number of hydrogen-bond donors (Lipinski definition) is 1. The first kappa shape index (κ1) is 9.93. The molecule has 0 saturated carbocycles. The van der Waals surface area contributed by atoms with Crippen molar-refractivity contribution in [1.82, 2.24) is 15.1 Å². The molecule has 0 aliphatic carbocycles. The van der Waals surface area contributed by atoms with Crippen molar-refractivity contribution in [1.29, 1.82) is 0 Å². The Morgan fingerprint density at radius 3 is 3.00 bits per heavy atom. The number of nitrogens with one attached hydrogen (secondary N) is 1. The van der Waals surface area contributed by atoms with E-state index in [1.54, 1.807) is 0 Å². The predicted octanol–water partition coefficient (Wildman–Crippen LogP) is -0.630. The van der Waals surface area contributed by atoms with Gasteiger partial charge in [-0.3, -0.25) is 4.79 Å². The van der Waals surface area contributed by atoms with E-state index < -0.39 is 0 Å². The van der Waals surface area contributed by atoms with Gasteiger partial charge in [0.05, 0.1) is 6.54 Å².